The minimum atomic E-state index is -3.86. The standard InChI is InChI=1S/C23H29NO6S/c1-7-24(8-2)31(27,28)22-13-18(9-10-21(22)29-6)23(26)30-14-20(25)19-12-16(4)15(3)11-17(19)5/h9-13H,7-8,14H2,1-6H3. The van der Waals surface area contributed by atoms with E-state index in [4.69, 9.17) is 9.47 Å². The third kappa shape index (κ3) is 5.32. The molecule has 0 atom stereocenters. The molecular weight excluding hydrogens is 418 g/mol. The molecule has 168 valence electrons. The molecule has 0 bridgehead atoms. The Hall–Kier alpha value is -2.71. The Labute approximate surface area is 184 Å². The molecule has 0 unspecified atom stereocenters. The summed E-state index contributed by atoms with van der Waals surface area (Å²) in [5.41, 5.74) is 3.38. The van der Waals surface area contributed by atoms with Gasteiger partial charge in [-0.15, -0.1) is 0 Å². The number of Topliss-reactive ketones (excluding diaryl/α,β-unsaturated/α-hetero) is 1. The highest BCUT2D eigenvalue weighted by atomic mass is 32.2. The van der Waals surface area contributed by atoms with Crippen LogP contribution in [-0.2, 0) is 14.8 Å². The van der Waals surface area contributed by atoms with E-state index in [9.17, 15) is 18.0 Å². The number of carbonyl (C=O) groups is 2. The Balaban J connectivity index is 2.27. The normalized spacial score (nSPS) is 11.5. The number of esters is 1. The van der Waals surface area contributed by atoms with Crippen molar-refractivity contribution in [2.75, 3.05) is 26.8 Å². The smallest absolute Gasteiger partial charge is 0.338 e. The average molecular weight is 448 g/mol. The third-order valence-electron chi connectivity index (χ3n) is 5.20. The van der Waals surface area contributed by atoms with Gasteiger partial charge in [0.15, 0.2) is 6.61 Å². The van der Waals surface area contributed by atoms with E-state index in [2.05, 4.69) is 0 Å². The Bertz CT molecular complexity index is 1090. The highest BCUT2D eigenvalue weighted by molar-refractivity contribution is 7.89. The Morgan fingerprint density at radius 1 is 0.935 bits per heavy atom. The summed E-state index contributed by atoms with van der Waals surface area (Å²) in [6.07, 6.45) is 0. The fraction of sp³-hybridized carbons (Fsp3) is 0.391. The largest absolute Gasteiger partial charge is 0.495 e. The van der Waals surface area contributed by atoms with Crippen molar-refractivity contribution in [2.45, 2.75) is 39.5 Å². The molecule has 0 aliphatic carbocycles. The molecule has 8 heteroatoms. The van der Waals surface area contributed by atoms with E-state index in [0.717, 1.165) is 16.7 Å². The van der Waals surface area contributed by atoms with Crippen LogP contribution in [0.15, 0.2) is 35.2 Å². The van der Waals surface area contributed by atoms with Crippen molar-refractivity contribution in [3.05, 3.63) is 58.1 Å². The minimum Gasteiger partial charge on any atom is -0.495 e. The van der Waals surface area contributed by atoms with Crippen LogP contribution in [0, 0.1) is 20.8 Å². The maximum Gasteiger partial charge on any atom is 0.338 e. The second kappa shape index (κ2) is 10.1. The van der Waals surface area contributed by atoms with Gasteiger partial charge >= 0.3 is 5.97 Å². The molecule has 0 radical (unpaired) electrons. The van der Waals surface area contributed by atoms with Gasteiger partial charge in [0.25, 0.3) is 0 Å². The van der Waals surface area contributed by atoms with Gasteiger partial charge in [0.2, 0.25) is 15.8 Å². The van der Waals surface area contributed by atoms with Crippen LogP contribution in [0.3, 0.4) is 0 Å². The van der Waals surface area contributed by atoms with Gasteiger partial charge in [-0.25, -0.2) is 13.2 Å². The molecule has 0 N–H and O–H groups in total. The van der Waals surface area contributed by atoms with E-state index >= 15 is 0 Å². The number of nitrogens with zero attached hydrogens (tertiary/aromatic N) is 1. The number of rotatable bonds is 9. The van der Waals surface area contributed by atoms with Gasteiger partial charge in [0.05, 0.1) is 12.7 Å². The van der Waals surface area contributed by atoms with Gasteiger partial charge in [0, 0.05) is 18.7 Å². The lowest BCUT2D eigenvalue weighted by Gasteiger charge is -2.20. The van der Waals surface area contributed by atoms with E-state index < -0.39 is 22.6 Å². The number of carbonyl (C=O) groups excluding carboxylic acids is 2. The predicted molar refractivity (Wildman–Crippen MR) is 118 cm³/mol. The number of benzene rings is 2. The second-order valence-corrected chi connectivity index (χ2v) is 9.11. The van der Waals surface area contributed by atoms with E-state index in [-0.39, 0.29) is 35.1 Å². The molecular formula is C23H29NO6S. The van der Waals surface area contributed by atoms with Crippen LogP contribution in [0.2, 0.25) is 0 Å². The van der Waals surface area contributed by atoms with Crippen molar-refractivity contribution in [1.82, 2.24) is 4.31 Å². The van der Waals surface area contributed by atoms with Gasteiger partial charge < -0.3 is 9.47 Å². The second-order valence-electron chi connectivity index (χ2n) is 7.21. The minimum absolute atomic E-state index is 0.0242. The summed E-state index contributed by atoms with van der Waals surface area (Å²) in [6, 6.07) is 7.73. The number of sulfonamides is 1. The number of hydrogen-bond donors (Lipinski definition) is 0. The van der Waals surface area contributed by atoms with Crippen molar-refractivity contribution in [3.8, 4) is 5.75 Å². The van der Waals surface area contributed by atoms with Crippen LogP contribution >= 0.6 is 0 Å². The number of hydrogen-bond acceptors (Lipinski definition) is 6. The fourth-order valence-corrected chi connectivity index (χ4v) is 4.90. The van der Waals surface area contributed by atoms with Crippen molar-refractivity contribution in [3.63, 3.8) is 0 Å². The van der Waals surface area contributed by atoms with Crippen molar-refractivity contribution < 1.29 is 27.5 Å². The molecule has 7 nitrogen and oxygen atoms in total. The highest BCUT2D eigenvalue weighted by Gasteiger charge is 2.27. The number of ether oxygens (including phenoxy) is 2. The molecule has 0 aromatic heterocycles. The van der Waals surface area contributed by atoms with Crippen LogP contribution in [0.4, 0.5) is 0 Å². The van der Waals surface area contributed by atoms with Crippen LogP contribution in [-0.4, -0.2) is 51.3 Å². The third-order valence-corrected chi connectivity index (χ3v) is 7.27. The van der Waals surface area contributed by atoms with Crippen LogP contribution in [0.1, 0.15) is 51.3 Å². The van der Waals surface area contributed by atoms with Crippen molar-refractivity contribution in [2.24, 2.45) is 0 Å². The van der Waals surface area contributed by atoms with Crippen LogP contribution in [0.5, 0.6) is 5.75 Å². The zero-order chi connectivity index (χ0) is 23.3. The number of ketones is 1. The predicted octanol–water partition coefficient (Wildman–Crippen LogP) is 3.69. The van der Waals surface area contributed by atoms with Crippen LogP contribution < -0.4 is 4.74 Å². The summed E-state index contributed by atoms with van der Waals surface area (Å²) >= 11 is 0. The SMILES string of the molecule is CCN(CC)S(=O)(=O)c1cc(C(=O)OCC(=O)c2cc(C)c(C)cc2C)ccc1OC. The van der Waals surface area contributed by atoms with Gasteiger partial charge in [0.1, 0.15) is 10.6 Å². The maximum absolute atomic E-state index is 12.9. The lowest BCUT2D eigenvalue weighted by Crippen LogP contribution is -2.31. The van der Waals surface area contributed by atoms with Gasteiger partial charge in [-0.05, 0) is 61.7 Å². The molecule has 0 fully saturated rings. The van der Waals surface area contributed by atoms with Gasteiger partial charge in [-0.2, -0.15) is 4.31 Å². The van der Waals surface area contributed by atoms with E-state index in [1.165, 1.54) is 29.6 Å². The Kier molecular flexibility index (Phi) is 7.97. The first-order valence-corrected chi connectivity index (χ1v) is 11.5. The fourth-order valence-electron chi connectivity index (χ4n) is 3.26. The van der Waals surface area contributed by atoms with E-state index in [0.29, 0.717) is 5.56 Å². The Morgan fingerprint density at radius 2 is 1.55 bits per heavy atom. The monoisotopic (exact) mass is 447 g/mol. The van der Waals surface area contributed by atoms with Crippen molar-refractivity contribution in [1.29, 1.82) is 0 Å². The summed E-state index contributed by atoms with van der Waals surface area (Å²) in [5.74, 6) is -0.975. The zero-order valence-electron chi connectivity index (χ0n) is 18.8. The molecule has 2 rings (SSSR count). The van der Waals surface area contributed by atoms with Gasteiger partial charge in [-0.3, -0.25) is 4.79 Å². The quantitative estimate of drug-likeness (QED) is 0.430. The average Bonchev–Trinajstić information content (AvgIpc) is 2.74. The van der Waals surface area contributed by atoms with Gasteiger partial charge in [-0.1, -0.05) is 19.9 Å². The topological polar surface area (TPSA) is 90.0 Å². The molecule has 0 heterocycles. The summed E-state index contributed by atoms with van der Waals surface area (Å²) in [7, 11) is -2.49. The molecule has 0 aliphatic heterocycles. The Morgan fingerprint density at radius 3 is 2.13 bits per heavy atom. The molecule has 0 aliphatic rings. The maximum atomic E-state index is 12.9. The first-order valence-electron chi connectivity index (χ1n) is 10.0. The summed E-state index contributed by atoms with van der Waals surface area (Å²) in [5, 5.41) is 0. The summed E-state index contributed by atoms with van der Waals surface area (Å²) in [6.45, 7) is 9.28. The number of aryl methyl sites for hydroxylation is 3. The molecule has 0 saturated heterocycles. The first-order chi connectivity index (χ1) is 14.6. The highest BCUT2D eigenvalue weighted by Crippen LogP contribution is 2.28. The molecule has 0 saturated carbocycles. The molecule has 2 aromatic carbocycles. The lowest BCUT2D eigenvalue weighted by molar-refractivity contribution is 0.0474. The molecule has 0 amide bonds. The van der Waals surface area contributed by atoms with E-state index in [1.807, 2.05) is 26.8 Å². The summed E-state index contributed by atoms with van der Waals surface area (Å²) in [4.78, 5) is 25.0. The zero-order valence-corrected chi connectivity index (χ0v) is 19.6. The van der Waals surface area contributed by atoms with Crippen LogP contribution in [0.25, 0.3) is 0 Å². The molecule has 2 aromatic rings. The van der Waals surface area contributed by atoms with E-state index in [1.54, 1.807) is 19.9 Å². The molecule has 0 spiro atoms. The molecule has 31 heavy (non-hydrogen) atoms. The number of methoxy groups -OCH3 is 1. The van der Waals surface area contributed by atoms with Crippen molar-refractivity contribution >= 4 is 21.8 Å². The lowest BCUT2D eigenvalue weighted by atomic mass is 9.98. The first kappa shape index (κ1) is 24.6. The summed E-state index contributed by atoms with van der Waals surface area (Å²) < 4.78 is 37.5.